The first-order valence-corrected chi connectivity index (χ1v) is 8.04. The SMILES string of the molecule is C=C(C(=O)[O-])C(CC(=O)C1CCCC1)(C(=O)[O-])C1CCCC1. The smallest absolute Gasteiger partial charge is 0.137 e. The van der Waals surface area contributed by atoms with Gasteiger partial charge in [0.15, 0.2) is 0 Å². The molecule has 5 nitrogen and oxygen atoms in total. The van der Waals surface area contributed by atoms with Crippen LogP contribution in [0.5, 0.6) is 0 Å². The minimum absolute atomic E-state index is 0.158. The molecule has 22 heavy (non-hydrogen) atoms. The molecule has 5 heteroatoms. The third kappa shape index (κ3) is 2.94. The third-order valence-corrected chi connectivity index (χ3v) is 5.46. The van der Waals surface area contributed by atoms with Gasteiger partial charge in [0.2, 0.25) is 0 Å². The van der Waals surface area contributed by atoms with Gasteiger partial charge in [0, 0.05) is 17.8 Å². The number of carbonyl (C=O) groups is 3. The number of hydrogen-bond donors (Lipinski definition) is 0. The molecule has 1 unspecified atom stereocenters. The number of carbonyl (C=O) groups excluding carboxylic acids is 3. The van der Waals surface area contributed by atoms with E-state index in [1.54, 1.807) is 0 Å². The van der Waals surface area contributed by atoms with Gasteiger partial charge in [0.25, 0.3) is 0 Å². The molecule has 2 aliphatic carbocycles. The van der Waals surface area contributed by atoms with Crippen molar-refractivity contribution in [3.05, 3.63) is 12.2 Å². The molecule has 0 N–H and O–H groups in total. The second kappa shape index (κ2) is 6.63. The normalized spacial score (nSPS) is 22.4. The predicted molar refractivity (Wildman–Crippen MR) is 75.1 cm³/mol. The third-order valence-electron chi connectivity index (χ3n) is 5.46. The van der Waals surface area contributed by atoms with E-state index < -0.39 is 28.8 Å². The van der Waals surface area contributed by atoms with Crippen LogP contribution in [0.25, 0.3) is 0 Å². The molecule has 0 radical (unpaired) electrons. The Morgan fingerprint density at radius 1 is 0.955 bits per heavy atom. The van der Waals surface area contributed by atoms with Crippen LogP contribution in [0.2, 0.25) is 0 Å². The fourth-order valence-corrected chi connectivity index (χ4v) is 4.13. The standard InChI is InChI=1S/C17H24O5/c1-11(15(19)20)17(16(21)22,13-8-4-5-9-13)10-14(18)12-6-2-3-7-12/h12-13H,1-10H2,(H,19,20)(H,21,22)/p-2. The highest BCUT2D eigenvalue weighted by molar-refractivity contribution is 5.98. The zero-order valence-corrected chi connectivity index (χ0v) is 12.8. The summed E-state index contributed by atoms with van der Waals surface area (Å²) < 4.78 is 0. The molecule has 122 valence electrons. The van der Waals surface area contributed by atoms with Crippen LogP contribution in [-0.4, -0.2) is 17.7 Å². The van der Waals surface area contributed by atoms with Crippen LogP contribution in [-0.2, 0) is 14.4 Å². The fourth-order valence-electron chi connectivity index (χ4n) is 4.13. The molecule has 2 fully saturated rings. The second-order valence-electron chi connectivity index (χ2n) is 6.63. The van der Waals surface area contributed by atoms with Crippen molar-refractivity contribution < 1.29 is 24.6 Å². The van der Waals surface area contributed by atoms with Crippen LogP contribution in [0.1, 0.15) is 57.8 Å². The maximum atomic E-state index is 12.5. The van der Waals surface area contributed by atoms with Crippen molar-refractivity contribution in [2.75, 3.05) is 0 Å². The van der Waals surface area contributed by atoms with E-state index >= 15 is 0 Å². The molecule has 0 amide bonds. The number of hydrogen-bond acceptors (Lipinski definition) is 5. The van der Waals surface area contributed by atoms with Gasteiger partial charge < -0.3 is 19.8 Å². The van der Waals surface area contributed by atoms with Crippen molar-refractivity contribution >= 4 is 17.7 Å². The van der Waals surface area contributed by atoms with Crippen LogP contribution >= 0.6 is 0 Å². The number of rotatable bonds is 7. The van der Waals surface area contributed by atoms with Crippen LogP contribution in [0, 0.1) is 17.3 Å². The van der Waals surface area contributed by atoms with Gasteiger partial charge in [0.05, 0.1) is 11.9 Å². The Bertz CT molecular complexity index is 483. The van der Waals surface area contributed by atoms with Gasteiger partial charge in [-0.3, -0.25) is 4.79 Å². The van der Waals surface area contributed by atoms with Crippen LogP contribution in [0.4, 0.5) is 0 Å². The monoisotopic (exact) mass is 306 g/mol. The average molecular weight is 306 g/mol. The molecule has 0 aromatic heterocycles. The summed E-state index contributed by atoms with van der Waals surface area (Å²) in [6, 6.07) is 0. The summed E-state index contributed by atoms with van der Waals surface area (Å²) in [5.41, 5.74) is -2.32. The minimum Gasteiger partial charge on any atom is -0.549 e. The minimum atomic E-state index is -1.81. The van der Waals surface area contributed by atoms with E-state index in [0.29, 0.717) is 12.8 Å². The van der Waals surface area contributed by atoms with Crippen molar-refractivity contribution in [1.82, 2.24) is 0 Å². The molecule has 2 saturated carbocycles. The lowest BCUT2D eigenvalue weighted by Crippen LogP contribution is -2.53. The highest BCUT2D eigenvalue weighted by Gasteiger charge is 2.46. The zero-order valence-electron chi connectivity index (χ0n) is 12.8. The highest BCUT2D eigenvalue weighted by atomic mass is 16.4. The molecule has 0 spiro atoms. The summed E-state index contributed by atoms with van der Waals surface area (Å²) in [5, 5.41) is 23.2. The van der Waals surface area contributed by atoms with Crippen molar-refractivity contribution in [1.29, 1.82) is 0 Å². The van der Waals surface area contributed by atoms with Gasteiger partial charge >= 0.3 is 0 Å². The van der Waals surface area contributed by atoms with Crippen LogP contribution in [0.15, 0.2) is 12.2 Å². The van der Waals surface area contributed by atoms with E-state index in [4.69, 9.17) is 0 Å². The van der Waals surface area contributed by atoms with Gasteiger partial charge in [0.1, 0.15) is 5.78 Å². The Labute approximate surface area is 130 Å². The Morgan fingerprint density at radius 2 is 1.45 bits per heavy atom. The predicted octanol–water partition coefficient (Wildman–Crippen LogP) is 0.368. The molecule has 0 aromatic rings. The lowest BCUT2D eigenvalue weighted by atomic mass is 9.65. The quantitative estimate of drug-likeness (QED) is 0.633. The first-order chi connectivity index (χ1) is 10.4. The topological polar surface area (TPSA) is 97.3 Å². The number of carboxylic acid groups (broad SMARTS) is 2. The average Bonchev–Trinajstić information content (AvgIpc) is 3.15. The number of carboxylic acids is 2. The van der Waals surface area contributed by atoms with E-state index in [-0.39, 0.29) is 18.1 Å². The van der Waals surface area contributed by atoms with Crippen molar-refractivity contribution in [2.45, 2.75) is 57.8 Å². The molecule has 1 atom stereocenters. The van der Waals surface area contributed by atoms with E-state index in [9.17, 15) is 24.6 Å². The summed E-state index contributed by atoms with van der Waals surface area (Å²) in [4.78, 5) is 35.7. The molecule has 0 saturated heterocycles. The molecule has 2 rings (SSSR count). The fraction of sp³-hybridized carbons (Fsp3) is 0.706. The Balaban J connectivity index is 2.33. The summed E-state index contributed by atoms with van der Waals surface area (Å²) in [6.45, 7) is 3.44. The lowest BCUT2D eigenvalue weighted by Gasteiger charge is -2.42. The zero-order chi connectivity index (χ0) is 16.3. The van der Waals surface area contributed by atoms with Gasteiger partial charge in [-0.25, -0.2) is 0 Å². The Morgan fingerprint density at radius 3 is 1.91 bits per heavy atom. The summed E-state index contributed by atoms with van der Waals surface area (Å²) in [5.74, 6) is -3.84. The number of Topliss-reactive ketones (excluding diaryl/α,β-unsaturated/α-hetero) is 1. The Kier molecular flexibility index (Phi) is 5.04. The van der Waals surface area contributed by atoms with Gasteiger partial charge in [-0.1, -0.05) is 32.3 Å². The largest absolute Gasteiger partial charge is 0.549 e. The highest BCUT2D eigenvalue weighted by Crippen LogP contribution is 2.47. The van der Waals surface area contributed by atoms with E-state index in [0.717, 1.165) is 38.5 Å². The molecule has 2 aliphatic rings. The summed E-state index contributed by atoms with van der Waals surface area (Å²) >= 11 is 0. The van der Waals surface area contributed by atoms with Crippen molar-refractivity contribution in [3.63, 3.8) is 0 Å². The first kappa shape index (κ1) is 16.7. The van der Waals surface area contributed by atoms with Gasteiger partial charge in [-0.05, 0) is 37.2 Å². The van der Waals surface area contributed by atoms with Crippen molar-refractivity contribution in [2.24, 2.45) is 17.3 Å². The number of ketones is 1. The maximum Gasteiger partial charge on any atom is 0.137 e. The molecular formula is C17H22O5-2. The van der Waals surface area contributed by atoms with Crippen molar-refractivity contribution in [3.8, 4) is 0 Å². The molecule has 0 aromatic carbocycles. The summed E-state index contributed by atoms with van der Waals surface area (Å²) in [7, 11) is 0. The molecule has 0 heterocycles. The van der Waals surface area contributed by atoms with E-state index in [2.05, 4.69) is 6.58 Å². The van der Waals surface area contributed by atoms with E-state index in [1.807, 2.05) is 0 Å². The first-order valence-electron chi connectivity index (χ1n) is 8.04. The number of aliphatic carboxylic acids is 2. The summed E-state index contributed by atoms with van der Waals surface area (Å²) in [6.07, 6.45) is 5.93. The van der Waals surface area contributed by atoms with Crippen LogP contribution < -0.4 is 10.2 Å². The molecule has 0 bridgehead atoms. The maximum absolute atomic E-state index is 12.5. The second-order valence-corrected chi connectivity index (χ2v) is 6.63. The van der Waals surface area contributed by atoms with Gasteiger partial charge in [-0.2, -0.15) is 0 Å². The van der Waals surface area contributed by atoms with Crippen LogP contribution in [0.3, 0.4) is 0 Å². The Hall–Kier alpha value is -1.65. The molecular weight excluding hydrogens is 284 g/mol. The lowest BCUT2D eigenvalue weighted by molar-refractivity contribution is -0.324. The van der Waals surface area contributed by atoms with E-state index in [1.165, 1.54) is 0 Å². The van der Waals surface area contributed by atoms with Gasteiger partial charge in [-0.15, -0.1) is 0 Å². The molecule has 0 aliphatic heterocycles.